The number of aromatic nitrogens is 1. The third-order valence-electron chi connectivity index (χ3n) is 4.08. The fourth-order valence-electron chi connectivity index (χ4n) is 2.53. The molecule has 1 N–H and O–H groups in total. The molecule has 0 aromatic carbocycles. The van der Waals surface area contributed by atoms with E-state index in [9.17, 15) is 9.59 Å². The van der Waals surface area contributed by atoms with Gasteiger partial charge in [0.15, 0.2) is 5.13 Å². The molecule has 1 aromatic heterocycles. The summed E-state index contributed by atoms with van der Waals surface area (Å²) in [5.74, 6) is 0.803. The van der Waals surface area contributed by atoms with E-state index in [-0.39, 0.29) is 30.8 Å². The summed E-state index contributed by atoms with van der Waals surface area (Å²) in [7, 11) is 0. The topological polar surface area (TPSA) is 68.3 Å². The van der Waals surface area contributed by atoms with Crippen molar-refractivity contribution in [3.8, 4) is 0 Å². The smallest absolute Gasteiger partial charge is 0.306 e. The lowest BCUT2D eigenvalue weighted by molar-refractivity contribution is -0.152. The van der Waals surface area contributed by atoms with Gasteiger partial charge in [0.25, 0.3) is 0 Å². The van der Waals surface area contributed by atoms with E-state index in [1.54, 1.807) is 11.6 Å². The molecule has 0 saturated heterocycles. The summed E-state index contributed by atoms with van der Waals surface area (Å²) < 4.78 is 5.46. The van der Waals surface area contributed by atoms with Crippen LogP contribution in [0.5, 0.6) is 0 Å². The van der Waals surface area contributed by atoms with Crippen LogP contribution < -0.4 is 5.32 Å². The maximum atomic E-state index is 11.8. The third kappa shape index (κ3) is 5.12. The van der Waals surface area contributed by atoms with Gasteiger partial charge in [0.1, 0.15) is 6.10 Å². The number of esters is 1. The number of nitrogens with one attached hydrogen (secondary N) is 1. The maximum absolute atomic E-state index is 11.8. The van der Waals surface area contributed by atoms with E-state index >= 15 is 0 Å². The quantitative estimate of drug-likeness (QED) is 0.848. The fourth-order valence-corrected chi connectivity index (χ4v) is 3.08. The molecule has 0 unspecified atom stereocenters. The SMILES string of the molecule is C[C@@H]1CC[C@@H](OC(=O)CCC(=O)Nc2nccs2)C[C@H]1C. The Balaban J connectivity index is 1.66. The van der Waals surface area contributed by atoms with Crippen LogP contribution in [0, 0.1) is 11.8 Å². The standard InChI is InChI=1S/C15H22N2O3S/c1-10-3-4-12(9-11(10)2)20-14(19)6-5-13(18)17-15-16-7-8-21-15/h7-8,10-12H,3-6,9H2,1-2H3,(H,16,17,18)/t10-,11-,12-/m1/s1. The molecule has 1 aliphatic rings. The number of amides is 1. The molecule has 1 saturated carbocycles. The summed E-state index contributed by atoms with van der Waals surface area (Å²) in [6.07, 6.45) is 4.87. The van der Waals surface area contributed by atoms with E-state index in [0.717, 1.165) is 19.3 Å². The van der Waals surface area contributed by atoms with Crippen molar-refractivity contribution in [2.24, 2.45) is 11.8 Å². The minimum atomic E-state index is -0.281. The van der Waals surface area contributed by atoms with Crippen LogP contribution in [0.25, 0.3) is 0 Å². The lowest BCUT2D eigenvalue weighted by Crippen LogP contribution is -2.29. The van der Waals surface area contributed by atoms with Crippen LogP contribution in [0.2, 0.25) is 0 Å². The van der Waals surface area contributed by atoms with Crippen molar-refractivity contribution in [3.63, 3.8) is 0 Å². The van der Waals surface area contributed by atoms with Gasteiger partial charge in [-0.25, -0.2) is 4.98 Å². The molecule has 0 radical (unpaired) electrons. The van der Waals surface area contributed by atoms with Gasteiger partial charge in [-0.2, -0.15) is 0 Å². The Morgan fingerprint density at radius 2 is 2.14 bits per heavy atom. The predicted molar refractivity (Wildman–Crippen MR) is 82.0 cm³/mol. The Hall–Kier alpha value is -1.43. The van der Waals surface area contributed by atoms with Crippen molar-refractivity contribution in [3.05, 3.63) is 11.6 Å². The summed E-state index contributed by atoms with van der Waals surface area (Å²) in [6, 6.07) is 0. The van der Waals surface area contributed by atoms with Gasteiger partial charge in [-0.3, -0.25) is 9.59 Å². The van der Waals surface area contributed by atoms with Crippen LogP contribution in [0.3, 0.4) is 0 Å². The zero-order valence-corrected chi connectivity index (χ0v) is 13.3. The summed E-state index contributed by atoms with van der Waals surface area (Å²) in [6.45, 7) is 4.44. The first-order chi connectivity index (χ1) is 10.0. The van der Waals surface area contributed by atoms with E-state index in [1.165, 1.54) is 11.3 Å². The summed E-state index contributed by atoms with van der Waals surface area (Å²) >= 11 is 1.36. The maximum Gasteiger partial charge on any atom is 0.306 e. The Labute approximate surface area is 129 Å². The Morgan fingerprint density at radius 3 is 2.81 bits per heavy atom. The van der Waals surface area contributed by atoms with Gasteiger partial charge in [-0.15, -0.1) is 11.3 Å². The molecular weight excluding hydrogens is 288 g/mol. The highest BCUT2D eigenvalue weighted by molar-refractivity contribution is 7.13. The third-order valence-corrected chi connectivity index (χ3v) is 4.77. The van der Waals surface area contributed by atoms with Crippen molar-refractivity contribution >= 4 is 28.3 Å². The second-order valence-corrected chi connectivity index (χ2v) is 6.66. The highest BCUT2D eigenvalue weighted by Crippen LogP contribution is 2.31. The molecule has 1 heterocycles. The van der Waals surface area contributed by atoms with E-state index in [1.807, 2.05) is 0 Å². The first-order valence-electron chi connectivity index (χ1n) is 7.43. The minimum Gasteiger partial charge on any atom is -0.462 e. The summed E-state index contributed by atoms with van der Waals surface area (Å²) in [5, 5.41) is 5.00. The molecule has 116 valence electrons. The van der Waals surface area contributed by atoms with Crippen LogP contribution >= 0.6 is 11.3 Å². The van der Waals surface area contributed by atoms with Crippen LogP contribution in [0.1, 0.15) is 46.0 Å². The lowest BCUT2D eigenvalue weighted by atomic mass is 9.80. The van der Waals surface area contributed by atoms with Crippen molar-refractivity contribution in [1.29, 1.82) is 0 Å². The van der Waals surface area contributed by atoms with Gasteiger partial charge in [-0.1, -0.05) is 13.8 Å². The van der Waals surface area contributed by atoms with Crippen molar-refractivity contribution in [1.82, 2.24) is 4.98 Å². The van der Waals surface area contributed by atoms with Gasteiger partial charge < -0.3 is 10.1 Å². The highest BCUT2D eigenvalue weighted by Gasteiger charge is 2.27. The first-order valence-corrected chi connectivity index (χ1v) is 8.31. The second kappa shape index (κ2) is 7.54. The molecule has 3 atom stereocenters. The Kier molecular flexibility index (Phi) is 5.73. The largest absolute Gasteiger partial charge is 0.462 e. The second-order valence-electron chi connectivity index (χ2n) is 5.76. The van der Waals surface area contributed by atoms with Gasteiger partial charge in [0.2, 0.25) is 5.91 Å². The molecule has 0 spiro atoms. The Morgan fingerprint density at radius 1 is 1.33 bits per heavy atom. The molecular formula is C15H22N2O3S. The number of rotatable bonds is 5. The normalized spacial score (nSPS) is 25.3. The molecule has 21 heavy (non-hydrogen) atoms. The van der Waals surface area contributed by atoms with Gasteiger partial charge in [0, 0.05) is 18.0 Å². The molecule has 0 bridgehead atoms. The molecule has 2 rings (SSSR count). The predicted octanol–water partition coefficient (Wildman–Crippen LogP) is 3.23. The van der Waals surface area contributed by atoms with Crippen LogP contribution in [-0.2, 0) is 14.3 Å². The van der Waals surface area contributed by atoms with Crippen LogP contribution in [-0.4, -0.2) is 23.0 Å². The monoisotopic (exact) mass is 310 g/mol. The number of anilines is 1. The number of ether oxygens (including phenoxy) is 1. The minimum absolute atomic E-state index is 0.0192. The molecule has 1 fully saturated rings. The summed E-state index contributed by atoms with van der Waals surface area (Å²) in [5.41, 5.74) is 0. The highest BCUT2D eigenvalue weighted by atomic mass is 32.1. The van der Waals surface area contributed by atoms with E-state index in [2.05, 4.69) is 24.1 Å². The number of carbonyl (C=O) groups excluding carboxylic acids is 2. The molecule has 0 aliphatic heterocycles. The van der Waals surface area contributed by atoms with Gasteiger partial charge >= 0.3 is 5.97 Å². The Bertz CT molecular complexity index is 475. The molecule has 5 nitrogen and oxygen atoms in total. The number of carbonyl (C=O) groups is 2. The van der Waals surface area contributed by atoms with E-state index in [0.29, 0.717) is 17.0 Å². The van der Waals surface area contributed by atoms with Crippen LogP contribution in [0.15, 0.2) is 11.6 Å². The molecule has 6 heteroatoms. The van der Waals surface area contributed by atoms with E-state index < -0.39 is 0 Å². The molecule has 1 aliphatic carbocycles. The number of hydrogen-bond acceptors (Lipinski definition) is 5. The van der Waals surface area contributed by atoms with E-state index in [4.69, 9.17) is 4.74 Å². The van der Waals surface area contributed by atoms with Gasteiger partial charge in [0.05, 0.1) is 6.42 Å². The molecule has 1 amide bonds. The average molecular weight is 310 g/mol. The number of thiazole rings is 1. The van der Waals surface area contributed by atoms with Crippen molar-refractivity contribution in [2.45, 2.75) is 52.1 Å². The van der Waals surface area contributed by atoms with Crippen molar-refractivity contribution < 1.29 is 14.3 Å². The van der Waals surface area contributed by atoms with Crippen molar-refractivity contribution in [2.75, 3.05) is 5.32 Å². The average Bonchev–Trinajstić information content (AvgIpc) is 2.93. The lowest BCUT2D eigenvalue weighted by Gasteiger charge is -2.31. The first kappa shape index (κ1) is 15.9. The zero-order chi connectivity index (χ0) is 15.2. The zero-order valence-electron chi connectivity index (χ0n) is 12.5. The fraction of sp³-hybridized carbons (Fsp3) is 0.667. The summed E-state index contributed by atoms with van der Waals surface area (Å²) in [4.78, 5) is 27.4. The number of hydrogen-bond donors (Lipinski definition) is 1. The number of nitrogens with zero attached hydrogens (tertiary/aromatic N) is 1. The molecule has 1 aromatic rings. The van der Waals surface area contributed by atoms with Crippen LogP contribution in [0.4, 0.5) is 5.13 Å². The van der Waals surface area contributed by atoms with Gasteiger partial charge in [-0.05, 0) is 31.1 Å².